The number of aliphatic hydroxyl groups excluding tert-OH is 2. The van der Waals surface area contributed by atoms with Crippen LogP contribution in [-0.4, -0.2) is 47.4 Å². The van der Waals surface area contributed by atoms with Crippen LogP contribution in [0, 0.1) is 0 Å². The molecule has 0 aliphatic rings. The molecule has 0 aliphatic carbocycles. The van der Waals surface area contributed by atoms with Crippen molar-refractivity contribution in [3.05, 3.63) is 24.3 Å². The molecule has 0 aromatic carbocycles. The Morgan fingerprint density at radius 3 is 1.00 bits per heavy atom. The molecule has 2 atom stereocenters. The van der Waals surface area contributed by atoms with Gasteiger partial charge in [-0.1, -0.05) is 340 Å². The Labute approximate surface area is 475 Å². The first-order valence-corrected chi connectivity index (χ1v) is 34.6. The van der Waals surface area contributed by atoms with Gasteiger partial charge in [0.2, 0.25) is 5.91 Å². The number of aliphatic hydroxyl groups is 2. The standard InChI is InChI=1S/C70H135NO5/c1-3-5-7-9-11-13-15-17-19-30-34-38-42-46-50-54-58-62-68(73)67(66-72)71-69(74)63-59-55-51-47-43-39-35-32-28-26-24-22-21-23-25-27-29-33-37-41-45-49-53-57-61-65-76-70(75)64-60-56-52-48-44-40-36-31-20-18-16-14-12-10-8-6-4-2/h22-25,67-68,72-73H,3-21,26-66H2,1-2H3,(H,71,74)/b24-22-,25-23-. The van der Waals surface area contributed by atoms with Crippen molar-refractivity contribution in [3.63, 3.8) is 0 Å². The summed E-state index contributed by atoms with van der Waals surface area (Å²) in [6, 6.07) is -0.546. The van der Waals surface area contributed by atoms with E-state index >= 15 is 0 Å². The number of rotatable bonds is 65. The molecule has 0 saturated heterocycles. The van der Waals surface area contributed by atoms with Crippen molar-refractivity contribution in [1.82, 2.24) is 5.32 Å². The molecule has 0 radical (unpaired) electrons. The SMILES string of the molecule is CCCCCCCCCCCCCCCCCCCC(=O)OCCCCCCCCCCC/C=C\C/C=C\CCCCCCCCCCCC(=O)NC(CO)C(O)CCCCCCCCCCCCCCCCCCC. The summed E-state index contributed by atoms with van der Waals surface area (Å²) in [4.78, 5) is 24.6. The second-order valence-corrected chi connectivity index (χ2v) is 23.9. The molecule has 0 saturated carbocycles. The van der Waals surface area contributed by atoms with Gasteiger partial charge in [0.25, 0.3) is 0 Å². The first kappa shape index (κ1) is 74.3. The fourth-order valence-corrected chi connectivity index (χ4v) is 11.0. The van der Waals surface area contributed by atoms with E-state index in [-0.39, 0.29) is 18.5 Å². The van der Waals surface area contributed by atoms with Crippen molar-refractivity contribution in [1.29, 1.82) is 0 Å². The molecule has 0 aromatic heterocycles. The molecule has 76 heavy (non-hydrogen) atoms. The van der Waals surface area contributed by atoms with Crippen molar-refractivity contribution in [2.24, 2.45) is 0 Å². The van der Waals surface area contributed by atoms with Crippen LogP contribution in [0.5, 0.6) is 0 Å². The minimum Gasteiger partial charge on any atom is -0.466 e. The summed E-state index contributed by atoms with van der Waals surface area (Å²) >= 11 is 0. The number of ether oxygens (including phenoxy) is 1. The van der Waals surface area contributed by atoms with Gasteiger partial charge in [-0.3, -0.25) is 9.59 Å². The van der Waals surface area contributed by atoms with Crippen LogP contribution in [-0.2, 0) is 14.3 Å². The molecule has 0 heterocycles. The van der Waals surface area contributed by atoms with Gasteiger partial charge in [0, 0.05) is 12.8 Å². The van der Waals surface area contributed by atoms with Crippen LogP contribution in [0.2, 0.25) is 0 Å². The average Bonchev–Trinajstić information content (AvgIpc) is 3.42. The van der Waals surface area contributed by atoms with Crippen LogP contribution in [0.15, 0.2) is 24.3 Å². The van der Waals surface area contributed by atoms with E-state index in [0.717, 1.165) is 44.9 Å². The fraction of sp³-hybridized carbons (Fsp3) is 0.914. The number of carbonyl (C=O) groups excluding carboxylic acids is 2. The highest BCUT2D eigenvalue weighted by Gasteiger charge is 2.20. The summed E-state index contributed by atoms with van der Waals surface area (Å²) < 4.78 is 5.50. The predicted molar refractivity (Wildman–Crippen MR) is 333 cm³/mol. The third kappa shape index (κ3) is 61.6. The lowest BCUT2D eigenvalue weighted by Gasteiger charge is -2.22. The van der Waals surface area contributed by atoms with Crippen LogP contribution in [0.1, 0.15) is 386 Å². The summed E-state index contributed by atoms with van der Waals surface area (Å²) in [7, 11) is 0. The molecular weight excluding hydrogens is 935 g/mol. The highest BCUT2D eigenvalue weighted by atomic mass is 16.5. The van der Waals surface area contributed by atoms with Crippen LogP contribution >= 0.6 is 0 Å². The molecule has 3 N–H and O–H groups in total. The minimum absolute atomic E-state index is 0.0137. The van der Waals surface area contributed by atoms with Crippen molar-refractivity contribution in [2.75, 3.05) is 13.2 Å². The van der Waals surface area contributed by atoms with Crippen molar-refractivity contribution in [3.8, 4) is 0 Å². The average molecular weight is 1070 g/mol. The van der Waals surface area contributed by atoms with Crippen molar-refractivity contribution < 1.29 is 24.5 Å². The monoisotopic (exact) mass is 1070 g/mol. The molecule has 0 rings (SSSR count). The van der Waals surface area contributed by atoms with E-state index in [9.17, 15) is 19.8 Å². The van der Waals surface area contributed by atoms with E-state index in [1.807, 2.05) is 0 Å². The Hall–Kier alpha value is -1.66. The Kier molecular flexibility index (Phi) is 64.4. The maximum Gasteiger partial charge on any atom is 0.305 e. The summed E-state index contributed by atoms with van der Waals surface area (Å²) in [6.07, 6.45) is 82.1. The Balaban J connectivity index is 3.41. The number of nitrogens with one attached hydrogen (secondary N) is 1. The van der Waals surface area contributed by atoms with Crippen LogP contribution in [0.25, 0.3) is 0 Å². The van der Waals surface area contributed by atoms with Gasteiger partial charge >= 0.3 is 5.97 Å². The normalized spacial score (nSPS) is 12.6. The van der Waals surface area contributed by atoms with Gasteiger partial charge < -0.3 is 20.3 Å². The third-order valence-electron chi connectivity index (χ3n) is 16.3. The number of carbonyl (C=O) groups is 2. The van der Waals surface area contributed by atoms with Gasteiger partial charge in [0.05, 0.1) is 25.4 Å². The summed E-state index contributed by atoms with van der Waals surface area (Å²) in [5, 5.41) is 23.3. The first-order valence-electron chi connectivity index (χ1n) is 34.6. The summed E-state index contributed by atoms with van der Waals surface area (Å²) in [6.45, 7) is 4.99. The number of allylic oxidation sites excluding steroid dienone is 4. The Morgan fingerprint density at radius 2 is 0.658 bits per heavy atom. The topological polar surface area (TPSA) is 95.9 Å². The Morgan fingerprint density at radius 1 is 0.368 bits per heavy atom. The summed E-state index contributed by atoms with van der Waals surface area (Å²) in [5.41, 5.74) is 0. The first-order chi connectivity index (χ1) is 37.5. The van der Waals surface area contributed by atoms with Gasteiger partial charge in [-0.15, -0.1) is 0 Å². The smallest absolute Gasteiger partial charge is 0.305 e. The molecule has 0 fully saturated rings. The lowest BCUT2D eigenvalue weighted by Crippen LogP contribution is -2.45. The number of amides is 1. The molecule has 0 bridgehead atoms. The van der Waals surface area contributed by atoms with Gasteiger partial charge in [-0.2, -0.15) is 0 Å². The third-order valence-corrected chi connectivity index (χ3v) is 16.3. The second-order valence-electron chi connectivity index (χ2n) is 23.9. The van der Waals surface area contributed by atoms with Crippen molar-refractivity contribution >= 4 is 11.9 Å². The fourth-order valence-electron chi connectivity index (χ4n) is 11.0. The molecule has 6 heteroatoms. The zero-order valence-electron chi connectivity index (χ0n) is 51.5. The largest absolute Gasteiger partial charge is 0.466 e. The van der Waals surface area contributed by atoms with E-state index in [1.165, 1.54) is 308 Å². The lowest BCUT2D eigenvalue weighted by atomic mass is 10.0. The van der Waals surface area contributed by atoms with E-state index < -0.39 is 12.1 Å². The molecule has 6 nitrogen and oxygen atoms in total. The highest BCUT2D eigenvalue weighted by Crippen LogP contribution is 2.19. The molecule has 1 amide bonds. The minimum atomic E-state index is -0.668. The predicted octanol–water partition coefficient (Wildman–Crippen LogP) is 22.1. The van der Waals surface area contributed by atoms with E-state index in [2.05, 4.69) is 43.5 Å². The number of hydrogen-bond donors (Lipinski definition) is 3. The van der Waals surface area contributed by atoms with Crippen LogP contribution < -0.4 is 5.32 Å². The van der Waals surface area contributed by atoms with E-state index in [0.29, 0.717) is 25.9 Å². The number of esters is 1. The summed E-state index contributed by atoms with van der Waals surface area (Å²) in [5.74, 6) is -0.0242. The van der Waals surface area contributed by atoms with E-state index in [1.54, 1.807) is 0 Å². The van der Waals surface area contributed by atoms with Gasteiger partial charge in [0.1, 0.15) is 0 Å². The highest BCUT2D eigenvalue weighted by molar-refractivity contribution is 5.76. The zero-order valence-corrected chi connectivity index (χ0v) is 51.5. The molecular formula is C70H135NO5. The molecule has 0 aliphatic heterocycles. The number of unbranched alkanes of at least 4 members (excludes halogenated alkanes) is 50. The molecule has 450 valence electrons. The van der Waals surface area contributed by atoms with Gasteiger partial charge in [0.15, 0.2) is 0 Å². The van der Waals surface area contributed by atoms with Crippen LogP contribution in [0.4, 0.5) is 0 Å². The van der Waals surface area contributed by atoms with Gasteiger partial charge in [-0.25, -0.2) is 0 Å². The maximum atomic E-state index is 12.5. The Bertz CT molecular complexity index is 1190. The number of hydrogen-bond acceptors (Lipinski definition) is 5. The molecule has 2 unspecified atom stereocenters. The zero-order chi connectivity index (χ0) is 55.0. The van der Waals surface area contributed by atoms with Crippen molar-refractivity contribution in [2.45, 2.75) is 398 Å². The second kappa shape index (κ2) is 65.9. The van der Waals surface area contributed by atoms with E-state index in [4.69, 9.17) is 4.74 Å². The molecule has 0 aromatic rings. The quantitative estimate of drug-likeness (QED) is 0.0320. The van der Waals surface area contributed by atoms with Gasteiger partial charge in [-0.05, 0) is 57.8 Å². The maximum absolute atomic E-state index is 12.5. The lowest BCUT2D eigenvalue weighted by molar-refractivity contribution is -0.143. The van der Waals surface area contributed by atoms with Crippen LogP contribution in [0.3, 0.4) is 0 Å². The molecule has 0 spiro atoms.